The van der Waals surface area contributed by atoms with Crippen LogP contribution in [0.2, 0.25) is 0 Å². The molecule has 0 spiro atoms. The van der Waals surface area contributed by atoms with Gasteiger partial charge in [0.25, 0.3) is 0 Å². The Hall–Kier alpha value is -0.810. The fourth-order valence-corrected chi connectivity index (χ4v) is 1.05. The maximum absolute atomic E-state index is 8.35. The standard InChI is InChI=1S/C6H4NS/c1-5-2-3-8-6(5)4-7/h2H,1H3. The van der Waals surface area contributed by atoms with Gasteiger partial charge in [-0.25, -0.2) is 0 Å². The van der Waals surface area contributed by atoms with Crippen LogP contribution >= 0.6 is 11.3 Å². The van der Waals surface area contributed by atoms with Crippen molar-refractivity contribution in [2.45, 2.75) is 6.92 Å². The molecule has 0 aliphatic carbocycles. The zero-order chi connectivity index (χ0) is 5.98. The van der Waals surface area contributed by atoms with Gasteiger partial charge in [-0.15, -0.1) is 11.3 Å². The van der Waals surface area contributed by atoms with Crippen molar-refractivity contribution in [2.24, 2.45) is 0 Å². The first-order chi connectivity index (χ1) is 3.84. The third-order valence-electron chi connectivity index (χ3n) is 0.896. The molecule has 1 radical (unpaired) electrons. The number of hydrogen-bond donors (Lipinski definition) is 0. The molecule has 0 unspecified atom stereocenters. The van der Waals surface area contributed by atoms with E-state index in [1.807, 2.05) is 13.0 Å². The van der Waals surface area contributed by atoms with Crippen LogP contribution < -0.4 is 0 Å². The topological polar surface area (TPSA) is 23.8 Å². The van der Waals surface area contributed by atoms with Crippen LogP contribution in [0.4, 0.5) is 0 Å². The smallest absolute Gasteiger partial charge is 0.110 e. The highest BCUT2D eigenvalue weighted by atomic mass is 32.1. The lowest BCUT2D eigenvalue weighted by molar-refractivity contribution is 1.47. The molecule has 1 nitrogen and oxygen atoms in total. The van der Waals surface area contributed by atoms with Gasteiger partial charge in [0.1, 0.15) is 10.9 Å². The predicted octanol–water partition coefficient (Wildman–Crippen LogP) is 1.73. The summed E-state index contributed by atoms with van der Waals surface area (Å²) in [5.41, 5.74) is 1.03. The van der Waals surface area contributed by atoms with E-state index in [1.54, 1.807) is 0 Å². The molecule has 0 aliphatic rings. The molecule has 0 saturated heterocycles. The highest BCUT2D eigenvalue weighted by molar-refractivity contribution is 7.10. The Bertz CT molecular complexity index is 219. The Morgan fingerprint density at radius 3 is 2.88 bits per heavy atom. The molecule has 0 atom stereocenters. The molecule has 0 saturated carbocycles. The number of nitrogens with zero attached hydrogens (tertiary/aromatic N) is 1. The van der Waals surface area contributed by atoms with Crippen molar-refractivity contribution in [3.05, 3.63) is 21.9 Å². The lowest BCUT2D eigenvalue weighted by atomic mass is 10.3. The van der Waals surface area contributed by atoms with Crippen LogP contribution in [-0.2, 0) is 0 Å². The zero-order valence-corrected chi connectivity index (χ0v) is 5.25. The maximum Gasteiger partial charge on any atom is 0.110 e. The first kappa shape index (κ1) is 5.33. The van der Waals surface area contributed by atoms with Gasteiger partial charge in [0.05, 0.1) is 0 Å². The molecule has 0 amide bonds. The summed E-state index contributed by atoms with van der Waals surface area (Å²) in [5.74, 6) is 0. The van der Waals surface area contributed by atoms with Crippen molar-refractivity contribution in [3.8, 4) is 6.07 Å². The van der Waals surface area contributed by atoms with Gasteiger partial charge in [0.15, 0.2) is 0 Å². The molecule has 1 heterocycles. The van der Waals surface area contributed by atoms with Gasteiger partial charge in [0, 0.05) is 5.38 Å². The summed E-state index contributed by atoms with van der Waals surface area (Å²) in [6.45, 7) is 1.91. The van der Waals surface area contributed by atoms with Crippen LogP contribution in [0.15, 0.2) is 6.07 Å². The average molecular weight is 122 g/mol. The summed E-state index contributed by atoms with van der Waals surface area (Å²) < 4.78 is 0. The van der Waals surface area contributed by atoms with Crippen LogP contribution in [0.25, 0.3) is 0 Å². The molecular weight excluding hydrogens is 118 g/mol. The molecule has 39 valence electrons. The van der Waals surface area contributed by atoms with Gasteiger partial charge in [-0.2, -0.15) is 5.26 Å². The largest absolute Gasteiger partial charge is 0.192 e. The Morgan fingerprint density at radius 2 is 2.62 bits per heavy atom. The van der Waals surface area contributed by atoms with Crippen molar-refractivity contribution in [1.29, 1.82) is 5.26 Å². The fraction of sp³-hybridized carbons (Fsp3) is 0.167. The quantitative estimate of drug-likeness (QED) is 0.514. The van der Waals surface area contributed by atoms with Crippen LogP contribution in [0, 0.1) is 23.6 Å². The second-order valence-electron chi connectivity index (χ2n) is 1.49. The number of nitriles is 1. The molecule has 0 aliphatic heterocycles. The average Bonchev–Trinajstić information content (AvgIpc) is 2.14. The molecule has 2 heteroatoms. The zero-order valence-electron chi connectivity index (χ0n) is 4.43. The fourth-order valence-electron chi connectivity index (χ4n) is 0.434. The monoisotopic (exact) mass is 122 g/mol. The summed E-state index contributed by atoms with van der Waals surface area (Å²) in [5, 5.41) is 11.2. The molecule has 1 aromatic rings. The van der Waals surface area contributed by atoms with Crippen LogP contribution in [0.3, 0.4) is 0 Å². The minimum atomic E-state index is 0.769. The number of hydrogen-bond acceptors (Lipinski definition) is 2. The Morgan fingerprint density at radius 1 is 1.88 bits per heavy atom. The number of aryl methyl sites for hydroxylation is 1. The van der Waals surface area contributed by atoms with Gasteiger partial charge in [0.2, 0.25) is 0 Å². The molecule has 0 bridgehead atoms. The minimum absolute atomic E-state index is 0.769. The third-order valence-corrected chi connectivity index (χ3v) is 1.75. The molecule has 0 aromatic carbocycles. The molecule has 0 N–H and O–H groups in total. The Kier molecular flexibility index (Phi) is 1.32. The summed E-state index contributed by atoms with van der Waals surface area (Å²) >= 11 is 1.36. The van der Waals surface area contributed by atoms with Gasteiger partial charge < -0.3 is 0 Å². The van der Waals surface area contributed by atoms with E-state index in [4.69, 9.17) is 5.26 Å². The highest BCUT2D eigenvalue weighted by Crippen LogP contribution is 2.11. The van der Waals surface area contributed by atoms with Gasteiger partial charge in [-0.05, 0) is 18.6 Å². The predicted molar refractivity (Wildman–Crippen MR) is 32.6 cm³/mol. The lowest BCUT2D eigenvalue weighted by Crippen LogP contribution is -1.65. The van der Waals surface area contributed by atoms with Crippen LogP contribution in [0.5, 0.6) is 0 Å². The molecule has 1 rings (SSSR count). The third kappa shape index (κ3) is 0.728. The highest BCUT2D eigenvalue weighted by Gasteiger charge is 1.93. The Balaban J connectivity index is 3.15. The number of rotatable bonds is 0. The van der Waals surface area contributed by atoms with Crippen molar-refractivity contribution in [3.63, 3.8) is 0 Å². The second-order valence-corrected chi connectivity index (χ2v) is 2.34. The van der Waals surface area contributed by atoms with Gasteiger partial charge >= 0.3 is 0 Å². The first-order valence-corrected chi connectivity index (χ1v) is 3.03. The summed E-state index contributed by atoms with van der Waals surface area (Å²) in [4.78, 5) is 0.769. The SMILES string of the molecule is Cc1c[c]sc1C#N. The summed E-state index contributed by atoms with van der Waals surface area (Å²) in [6, 6.07) is 3.89. The number of thiophene rings is 1. The molecule has 1 aromatic heterocycles. The first-order valence-electron chi connectivity index (χ1n) is 2.21. The van der Waals surface area contributed by atoms with Crippen molar-refractivity contribution in [1.82, 2.24) is 0 Å². The molecular formula is C6H4NS. The van der Waals surface area contributed by atoms with E-state index in [1.165, 1.54) is 11.3 Å². The Labute approximate surface area is 52.2 Å². The van der Waals surface area contributed by atoms with Crippen molar-refractivity contribution >= 4 is 11.3 Å². The molecule has 0 fully saturated rings. The van der Waals surface area contributed by atoms with Gasteiger partial charge in [-0.3, -0.25) is 0 Å². The van der Waals surface area contributed by atoms with Crippen molar-refractivity contribution < 1.29 is 0 Å². The lowest BCUT2D eigenvalue weighted by Gasteiger charge is -1.76. The van der Waals surface area contributed by atoms with Crippen LogP contribution in [0.1, 0.15) is 10.4 Å². The van der Waals surface area contributed by atoms with E-state index in [-0.39, 0.29) is 0 Å². The van der Waals surface area contributed by atoms with E-state index >= 15 is 0 Å². The van der Waals surface area contributed by atoms with E-state index < -0.39 is 0 Å². The normalized spacial score (nSPS) is 8.50. The van der Waals surface area contributed by atoms with Crippen LogP contribution in [-0.4, -0.2) is 0 Å². The van der Waals surface area contributed by atoms with E-state index in [0.29, 0.717) is 0 Å². The summed E-state index contributed by atoms with van der Waals surface area (Å²) in [6.07, 6.45) is 0. The maximum atomic E-state index is 8.35. The minimum Gasteiger partial charge on any atom is -0.192 e. The summed E-state index contributed by atoms with van der Waals surface area (Å²) in [7, 11) is 0. The second kappa shape index (κ2) is 1.97. The molecule has 8 heavy (non-hydrogen) atoms. The van der Waals surface area contributed by atoms with Gasteiger partial charge in [-0.1, -0.05) is 0 Å². The van der Waals surface area contributed by atoms with E-state index in [0.717, 1.165) is 10.4 Å². The van der Waals surface area contributed by atoms with E-state index in [2.05, 4.69) is 11.4 Å². The van der Waals surface area contributed by atoms with Crippen molar-refractivity contribution in [2.75, 3.05) is 0 Å². The van der Waals surface area contributed by atoms with E-state index in [9.17, 15) is 0 Å².